The summed E-state index contributed by atoms with van der Waals surface area (Å²) in [5.41, 5.74) is 0.565. The largest absolute Gasteiger partial charge is 0.381 e. The summed E-state index contributed by atoms with van der Waals surface area (Å²) in [6, 6.07) is 7.73. The van der Waals surface area contributed by atoms with Gasteiger partial charge in [0.2, 0.25) is 10.0 Å². The first-order valence-electron chi connectivity index (χ1n) is 6.18. The van der Waals surface area contributed by atoms with E-state index in [4.69, 9.17) is 4.74 Å². The molecule has 0 bridgehead atoms. The summed E-state index contributed by atoms with van der Waals surface area (Å²) in [7, 11) is -1.83. The smallest absolute Gasteiger partial charge is 0.214 e. The number of methoxy groups -OCH3 is 1. The van der Waals surface area contributed by atoms with E-state index in [1.54, 1.807) is 6.92 Å². The summed E-state index contributed by atoms with van der Waals surface area (Å²) >= 11 is 3.48. The lowest BCUT2D eigenvalue weighted by Gasteiger charge is -2.20. The van der Waals surface area contributed by atoms with Gasteiger partial charge in [0.25, 0.3) is 0 Å². The Morgan fingerprint density at radius 1 is 1.42 bits per heavy atom. The highest BCUT2D eigenvalue weighted by molar-refractivity contribution is 9.10. The molecule has 0 saturated heterocycles. The second-order valence-electron chi connectivity index (χ2n) is 4.99. The molecule has 0 unspecified atom stereocenters. The number of rotatable bonds is 6. The van der Waals surface area contributed by atoms with Gasteiger partial charge >= 0.3 is 0 Å². The molecular formula is C13H18BrNO3S. The highest BCUT2D eigenvalue weighted by Gasteiger charge is 2.48. The topological polar surface area (TPSA) is 55.4 Å². The van der Waals surface area contributed by atoms with Crippen molar-refractivity contribution in [3.8, 4) is 0 Å². The normalized spacial score (nSPS) is 19.1. The van der Waals surface area contributed by atoms with Gasteiger partial charge in [-0.3, -0.25) is 0 Å². The van der Waals surface area contributed by atoms with E-state index < -0.39 is 15.6 Å². The van der Waals surface area contributed by atoms with Crippen molar-refractivity contribution in [2.45, 2.75) is 31.4 Å². The van der Waals surface area contributed by atoms with Crippen molar-refractivity contribution in [3.63, 3.8) is 0 Å². The summed E-state index contributed by atoms with van der Waals surface area (Å²) < 4.78 is 33.1. The third-order valence-electron chi connectivity index (χ3n) is 3.35. The van der Waals surface area contributed by atoms with E-state index in [2.05, 4.69) is 20.7 Å². The molecule has 0 radical (unpaired) electrons. The summed E-state index contributed by atoms with van der Waals surface area (Å²) in [4.78, 5) is 0. The second-order valence-corrected chi connectivity index (χ2v) is 7.61. The molecule has 1 aliphatic rings. The third kappa shape index (κ3) is 3.56. The Morgan fingerprint density at radius 3 is 2.58 bits per heavy atom. The first kappa shape index (κ1) is 15.0. The van der Waals surface area contributed by atoms with Gasteiger partial charge < -0.3 is 4.74 Å². The standard InChI is InChI=1S/C13H18BrNO3S/c1-10(18-2)9-19(16,17)15-13(7-8-13)11-5-3-4-6-12(11)14/h3-6,10,15H,7-9H2,1-2H3/t10-/m1/s1. The van der Waals surface area contributed by atoms with Crippen LogP contribution in [0.15, 0.2) is 28.7 Å². The molecule has 1 aromatic carbocycles. The van der Waals surface area contributed by atoms with E-state index in [-0.39, 0.29) is 11.9 Å². The predicted molar refractivity (Wildman–Crippen MR) is 78.4 cm³/mol. The highest BCUT2D eigenvalue weighted by atomic mass is 79.9. The maximum Gasteiger partial charge on any atom is 0.214 e. The monoisotopic (exact) mass is 347 g/mol. The maximum atomic E-state index is 12.1. The average Bonchev–Trinajstić information content (AvgIpc) is 3.08. The van der Waals surface area contributed by atoms with E-state index in [1.165, 1.54) is 7.11 Å². The number of hydrogen-bond acceptors (Lipinski definition) is 3. The van der Waals surface area contributed by atoms with Crippen molar-refractivity contribution in [2.24, 2.45) is 0 Å². The fraction of sp³-hybridized carbons (Fsp3) is 0.538. The Kier molecular flexibility index (Phi) is 4.35. The molecule has 0 aromatic heterocycles. The van der Waals surface area contributed by atoms with E-state index >= 15 is 0 Å². The minimum atomic E-state index is -3.35. The maximum absolute atomic E-state index is 12.1. The Morgan fingerprint density at radius 2 is 2.05 bits per heavy atom. The van der Waals surface area contributed by atoms with Crippen LogP contribution in [0, 0.1) is 0 Å². The lowest BCUT2D eigenvalue weighted by molar-refractivity contribution is 0.136. The van der Waals surface area contributed by atoms with Crippen molar-refractivity contribution in [2.75, 3.05) is 12.9 Å². The highest BCUT2D eigenvalue weighted by Crippen LogP contribution is 2.48. The molecule has 6 heteroatoms. The molecule has 1 fully saturated rings. The van der Waals surface area contributed by atoms with E-state index in [0.717, 1.165) is 22.9 Å². The van der Waals surface area contributed by atoms with Crippen molar-refractivity contribution in [1.29, 1.82) is 0 Å². The fourth-order valence-electron chi connectivity index (χ4n) is 2.12. The third-order valence-corrected chi connectivity index (χ3v) is 5.65. The molecule has 0 aliphatic heterocycles. The first-order valence-corrected chi connectivity index (χ1v) is 8.62. The molecular weight excluding hydrogens is 330 g/mol. The molecule has 0 heterocycles. The molecule has 106 valence electrons. The molecule has 1 aliphatic carbocycles. The Hall–Kier alpha value is -0.430. The molecule has 1 atom stereocenters. The molecule has 4 nitrogen and oxygen atoms in total. The minimum absolute atomic E-state index is 0.0182. The molecule has 0 spiro atoms. The van der Waals surface area contributed by atoms with E-state index in [0.29, 0.717) is 0 Å². The van der Waals surface area contributed by atoms with Crippen LogP contribution in [0.5, 0.6) is 0 Å². The molecule has 1 N–H and O–H groups in total. The molecule has 2 rings (SSSR count). The number of sulfonamides is 1. The van der Waals surface area contributed by atoms with Crippen molar-refractivity contribution in [3.05, 3.63) is 34.3 Å². The zero-order valence-corrected chi connectivity index (χ0v) is 13.4. The fourth-order valence-corrected chi connectivity index (χ4v) is 4.53. The number of benzene rings is 1. The van der Waals surface area contributed by atoms with Crippen LogP contribution in [0.25, 0.3) is 0 Å². The molecule has 0 amide bonds. The lowest BCUT2D eigenvalue weighted by atomic mass is 10.1. The van der Waals surface area contributed by atoms with E-state index in [9.17, 15) is 8.42 Å². The second kappa shape index (κ2) is 5.52. The van der Waals surface area contributed by atoms with Crippen molar-refractivity contribution in [1.82, 2.24) is 4.72 Å². The van der Waals surface area contributed by atoms with Gasteiger partial charge in [-0.1, -0.05) is 34.1 Å². The summed E-state index contributed by atoms with van der Waals surface area (Å²) in [6.45, 7) is 1.75. The van der Waals surface area contributed by atoms with Crippen LogP contribution in [0.4, 0.5) is 0 Å². The molecule has 19 heavy (non-hydrogen) atoms. The molecule has 1 saturated carbocycles. The SMILES string of the molecule is CO[C@H](C)CS(=O)(=O)NC1(c2ccccc2Br)CC1. The van der Waals surface area contributed by atoms with Crippen LogP contribution < -0.4 is 4.72 Å². The van der Waals surface area contributed by atoms with Gasteiger partial charge in [0.05, 0.1) is 17.4 Å². The van der Waals surface area contributed by atoms with Gasteiger partial charge in [0, 0.05) is 11.6 Å². The summed E-state index contributed by atoms with van der Waals surface area (Å²) in [5, 5.41) is 0. The first-order chi connectivity index (χ1) is 8.88. The van der Waals surface area contributed by atoms with Crippen LogP contribution in [0.2, 0.25) is 0 Å². The van der Waals surface area contributed by atoms with Crippen LogP contribution in [-0.4, -0.2) is 27.4 Å². The Balaban J connectivity index is 2.17. The zero-order chi connectivity index (χ0) is 14.1. The van der Waals surface area contributed by atoms with Gasteiger partial charge in [-0.15, -0.1) is 0 Å². The number of nitrogens with one attached hydrogen (secondary N) is 1. The summed E-state index contributed by atoms with van der Waals surface area (Å²) in [5.74, 6) is -0.0182. The van der Waals surface area contributed by atoms with E-state index in [1.807, 2.05) is 24.3 Å². The number of halogens is 1. The quantitative estimate of drug-likeness (QED) is 0.859. The lowest BCUT2D eigenvalue weighted by Crippen LogP contribution is -2.39. The van der Waals surface area contributed by atoms with Gasteiger partial charge in [0.1, 0.15) is 0 Å². The number of ether oxygens (including phenoxy) is 1. The van der Waals surface area contributed by atoms with Crippen LogP contribution in [0.3, 0.4) is 0 Å². The van der Waals surface area contributed by atoms with Gasteiger partial charge in [-0.05, 0) is 31.4 Å². The van der Waals surface area contributed by atoms with Gasteiger partial charge in [-0.2, -0.15) is 0 Å². The predicted octanol–water partition coefficient (Wildman–Crippen LogP) is 2.39. The summed E-state index contributed by atoms with van der Waals surface area (Å²) in [6.07, 6.45) is 1.35. The van der Waals surface area contributed by atoms with Crippen molar-refractivity contribution < 1.29 is 13.2 Å². The molecule has 1 aromatic rings. The van der Waals surface area contributed by atoms with Gasteiger partial charge in [-0.25, -0.2) is 13.1 Å². The van der Waals surface area contributed by atoms with Gasteiger partial charge in [0.15, 0.2) is 0 Å². The Bertz CT molecular complexity index is 555. The Labute approximate surface area is 122 Å². The van der Waals surface area contributed by atoms with Crippen LogP contribution in [-0.2, 0) is 20.3 Å². The minimum Gasteiger partial charge on any atom is -0.381 e. The van der Waals surface area contributed by atoms with Crippen molar-refractivity contribution >= 4 is 26.0 Å². The van der Waals surface area contributed by atoms with Crippen LogP contribution >= 0.6 is 15.9 Å². The zero-order valence-electron chi connectivity index (χ0n) is 11.0. The van der Waals surface area contributed by atoms with Crippen LogP contribution in [0.1, 0.15) is 25.3 Å². The average molecular weight is 348 g/mol. The number of hydrogen-bond donors (Lipinski definition) is 1.